The summed E-state index contributed by atoms with van der Waals surface area (Å²) < 4.78 is 1.95. The average Bonchev–Trinajstić information content (AvgIpc) is 3.08. The number of hydrogen-bond acceptors (Lipinski definition) is 6. The van der Waals surface area contributed by atoms with Gasteiger partial charge in [-0.25, -0.2) is 0 Å². The molecule has 0 aliphatic rings. The van der Waals surface area contributed by atoms with Crippen LogP contribution in [0.3, 0.4) is 0 Å². The van der Waals surface area contributed by atoms with Crippen molar-refractivity contribution in [2.75, 3.05) is 5.75 Å². The third-order valence-electron chi connectivity index (χ3n) is 3.53. The van der Waals surface area contributed by atoms with Crippen LogP contribution in [0, 0.1) is 0 Å². The number of carbonyl (C=O) groups excluding carboxylic acids is 2. The zero-order valence-electron chi connectivity index (χ0n) is 14.6. The number of carbonyl (C=O) groups is 2. The molecular weight excluding hydrogens is 364 g/mol. The Kier molecular flexibility index (Phi) is 6.16. The van der Waals surface area contributed by atoms with E-state index in [1.165, 1.54) is 18.7 Å². The van der Waals surface area contributed by atoms with Crippen molar-refractivity contribution in [2.45, 2.75) is 18.6 Å². The summed E-state index contributed by atoms with van der Waals surface area (Å²) in [5.74, 6) is 0.115. The topological polar surface area (TPSA) is 102 Å². The van der Waals surface area contributed by atoms with Crippen molar-refractivity contribution in [1.29, 1.82) is 0 Å². The van der Waals surface area contributed by atoms with Gasteiger partial charge in [-0.3, -0.25) is 30.0 Å². The van der Waals surface area contributed by atoms with E-state index in [1.54, 1.807) is 12.4 Å². The van der Waals surface area contributed by atoms with Crippen LogP contribution < -0.4 is 10.9 Å². The summed E-state index contributed by atoms with van der Waals surface area (Å²) in [7, 11) is 0. The molecule has 0 saturated carbocycles. The summed E-state index contributed by atoms with van der Waals surface area (Å²) in [6.07, 6.45) is 3.42. The van der Waals surface area contributed by atoms with Crippen LogP contribution >= 0.6 is 11.8 Å². The zero-order valence-corrected chi connectivity index (χ0v) is 15.4. The van der Waals surface area contributed by atoms with Crippen molar-refractivity contribution >= 4 is 23.6 Å². The molecule has 9 heteroatoms. The first-order chi connectivity index (χ1) is 13.1. The second kappa shape index (κ2) is 8.95. The molecule has 2 heterocycles. The van der Waals surface area contributed by atoms with Crippen LogP contribution in [0.2, 0.25) is 0 Å². The van der Waals surface area contributed by atoms with Gasteiger partial charge >= 0.3 is 0 Å². The lowest BCUT2D eigenvalue weighted by atomic mass is 10.2. The van der Waals surface area contributed by atoms with Crippen LogP contribution in [0.4, 0.5) is 0 Å². The van der Waals surface area contributed by atoms with Gasteiger partial charge < -0.3 is 0 Å². The van der Waals surface area contributed by atoms with E-state index in [0.29, 0.717) is 17.5 Å². The van der Waals surface area contributed by atoms with E-state index in [0.717, 1.165) is 11.1 Å². The van der Waals surface area contributed by atoms with E-state index in [1.807, 2.05) is 47.0 Å². The smallest absolute Gasteiger partial charge is 0.248 e. The number of thioether (sulfide) groups is 1. The van der Waals surface area contributed by atoms with Crippen LogP contribution in [0.1, 0.15) is 12.5 Å². The highest BCUT2D eigenvalue weighted by Crippen LogP contribution is 2.24. The lowest BCUT2D eigenvalue weighted by molar-refractivity contribution is -0.126. The summed E-state index contributed by atoms with van der Waals surface area (Å²) in [6.45, 7) is 1.89. The Bertz CT molecular complexity index is 914. The van der Waals surface area contributed by atoms with Crippen LogP contribution in [0.15, 0.2) is 60.0 Å². The van der Waals surface area contributed by atoms with Crippen LogP contribution in [-0.2, 0) is 16.1 Å². The highest BCUT2D eigenvalue weighted by Gasteiger charge is 2.16. The summed E-state index contributed by atoms with van der Waals surface area (Å²) in [5.41, 5.74) is 6.53. The quantitative estimate of drug-likeness (QED) is 0.496. The van der Waals surface area contributed by atoms with Gasteiger partial charge in [-0.1, -0.05) is 42.1 Å². The Morgan fingerprint density at radius 1 is 1.07 bits per heavy atom. The van der Waals surface area contributed by atoms with E-state index in [-0.39, 0.29) is 17.6 Å². The minimum Gasteiger partial charge on any atom is -0.297 e. The van der Waals surface area contributed by atoms with Crippen LogP contribution in [-0.4, -0.2) is 37.3 Å². The number of hydrazine groups is 1. The van der Waals surface area contributed by atoms with Gasteiger partial charge in [-0.2, -0.15) is 0 Å². The van der Waals surface area contributed by atoms with E-state index in [2.05, 4.69) is 26.0 Å². The Morgan fingerprint density at radius 2 is 1.89 bits per heavy atom. The van der Waals surface area contributed by atoms with Crippen molar-refractivity contribution in [3.05, 3.63) is 60.4 Å². The maximum absolute atomic E-state index is 11.9. The normalized spacial score (nSPS) is 10.4. The molecule has 27 heavy (non-hydrogen) atoms. The molecular formula is C18H18N6O2S. The van der Waals surface area contributed by atoms with E-state index in [4.69, 9.17) is 0 Å². The third-order valence-corrected chi connectivity index (χ3v) is 4.50. The predicted octanol–water partition coefficient (Wildman–Crippen LogP) is 1.65. The number of nitrogens with one attached hydrogen (secondary N) is 2. The predicted molar refractivity (Wildman–Crippen MR) is 101 cm³/mol. The average molecular weight is 382 g/mol. The zero-order chi connectivity index (χ0) is 19.1. The fourth-order valence-electron chi connectivity index (χ4n) is 2.34. The summed E-state index contributed by atoms with van der Waals surface area (Å²) in [4.78, 5) is 26.9. The van der Waals surface area contributed by atoms with Gasteiger partial charge in [0.1, 0.15) is 0 Å². The highest BCUT2D eigenvalue weighted by atomic mass is 32.2. The fourth-order valence-corrected chi connectivity index (χ4v) is 3.07. The fraction of sp³-hybridized carbons (Fsp3) is 0.167. The maximum atomic E-state index is 11.9. The highest BCUT2D eigenvalue weighted by molar-refractivity contribution is 7.99. The Balaban J connectivity index is 1.82. The first-order valence-electron chi connectivity index (χ1n) is 8.19. The molecule has 0 fully saturated rings. The molecule has 138 valence electrons. The summed E-state index contributed by atoms with van der Waals surface area (Å²) in [6, 6.07) is 13.7. The number of benzene rings is 1. The van der Waals surface area contributed by atoms with Crippen molar-refractivity contribution < 1.29 is 9.59 Å². The molecule has 0 spiro atoms. The largest absolute Gasteiger partial charge is 0.297 e. The van der Waals surface area contributed by atoms with Crippen molar-refractivity contribution in [3.8, 4) is 11.4 Å². The molecule has 2 N–H and O–H groups in total. The monoisotopic (exact) mass is 382 g/mol. The third kappa shape index (κ3) is 5.14. The molecule has 8 nitrogen and oxygen atoms in total. The van der Waals surface area contributed by atoms with Crippen LogP contribution in [0.25, 0.3) is 11.4 Å². The first-order valence-corrected chi connectivity index (χ1v) is 9.18. The van der Waals surface area contributed by atoms with Crippen molar-refractivity contribution in [2.24, 2.45) is 0 Å². The van der Waals surface area contributed by atoms with Gasteiger partial charge in [-0.15, -0.1) is 10.2 Å². The molecule has 0 saturated heterocycles. The van der Waals surface area contributed by atoms with Gasteiger partial charge in [0, 0.05) is 24.9 Å². The van der Waals surface area contributed by atoms with E-state index < -0.39 is 0 Å². The maximum Gasteiger partial charge on any atom is 0.248 e. The molecule has 0 radical (unpaired) electrons. The first kappa shape index (κ1) is 18.6. The lowest BCUT2D eigenvalue weighted by Crippen LogP contribution is -2.41. The Hall–Kier alpha value is -3.20. The number of hydrogen-bond donors (Lipinski definition) is 2. The van der Waals surface area contributed by atoms with Gasteiger partial charge in [0.25, 0.3) is 0 Å². The molecule has 2 amide bonds. The molecule has 3 aromatic rings. The molecule has 2 aromatic heterocycles. The molecule has 3 rings (SSSR count). The standard InChI is InChI=1S/C18H18N6O2S/c1-13(25)20-21-16(26)12-27-18-23-22-17(15-8-5-9-19-10-15)24(18)11-14-6-3-2-4-7-14/h2-10H,11-12H2,1H3,(H,20,25)(H,21,26). The van der Waals surface area contributed by atoms with E-state index >= 15 is 0 Å². The number of nitrogens with zero attached hydrogens (tertiary/aromatic N) is 4. The van der Waals surface area contributed by atoms with Gasteiger partial charge in [0.2, 0.25) is 11.8 Å². The van der Waals surface area contributed by atoms with Crippen LogP contribution in [0.5, 0.6) is 0 Å². The second-order valence-corrected chi connectivity index (χ2v) is 6.58. The number of rotatable bonds is 6. The molecule has 1 aromatic carbocycles. The molecule has 0 aliphatic heterocycles. The number of aromatic nitrogens is 4. The lowest BCUT2D eigenvalue weighted by Gasteiger charge is -2.10. The van der Waals surface area contributed by atoms with Crippen molar-refractivity contribution in [1.82, 2.24) is 30.6 Å². The summed E-state index contributed by atoms with van der Waals surface area (Å²) in [5, 5.41) is 9.13. The molecule has 0 unspecified atom stereocenters. The molecule has 0 aliphatic carbocycles. The Labute approximate surface area is 160 Å². The Morgan fingerprint density at radius 3 is 2.59 bits per heavy atom. The van der Waals surface area contributed by atoms with Gasteiger partial charge in [0.05, 0.1) is 12.3 Å². The minimum absolute atomic E-state index is 0.0975. The molecule has 0 bridgehead atoms. The van der Waals surface area contributed by atoms with Gasteiger partial charge in [-0.05, 0) is 17.7 Å². The SMILES string of the molecule is CC(=O)NNC(=O)CSc1nnc(-c2cccnc2)n1Cc1ccccc1. The van der Waals surface area contributed by atoms with E-state index in [9.17, 15) is 9.59 Å². The number of amides is 2. The van der Waals surface area contributed by atoms with Gasteiger partial charge in [0.15, 0.2) is 11.0 Å². The molecule has 0 atom stereocenters. The summed E-state index contributed by atoms with van der Waals surface area (Å²) >= 11 is 1.25. The minimum atomic E-state index is -0.334. The second-order valence-electron chi connectivity index (χ2n) is 5.64. The van der Waals surface area contributed by atoms with Crippen molar-refractivity contribution in [3.63, 3.8) is 0 Å². The number of pyridine rings is 1.